The number of aryl methyl sites for hydroxylation is 1. The average Bonchev–Trinajstić information content (AvgIpc) is 3.19. The van der Waals surface area contributed by atoms with Gasteiger partial charge in [0.1, 0.15) is 24.5 Å². The molecular formula is C18H18FN5O3S. The van der Waals surface area contributed by atoms with Crippen LogP contribution in [0, 0.1) is 12.7 Å². The maximum atomic E-state index is 13.6. The van der Waals surface area contributed by atoms with Crippen LogP contribution in [0.1, 0.15) is 18.5 Å². The fourth-order valence-electron chi connectivity index (χ4n) is 2.36. The monoisotopic (exact) mass is 403 g/mol. The fraction of sp³-hybridized carbons (Fsp3) is 0.167. The molecule has 8 nitrogen and oxygen atoms in total. The highest BCUT2D eigenvalue weighted by Gasteiger charge is 2.17. The van der Waals surface area contributed by atoms with Gasteiger partial charge in [0.2, 0.25) is 5.91 Å². The minimum absolute atomic E-state index is 0.172. The summed E-state index contributed by atoms with van der Waals surface area (Å²) in [7, 11) is -3.93. The number of hydrogen-bond acceptors (Lipinski definition) is 5. The fourth-order valence-corrected chi connectivity index (χ4v) is 3.43. The van der Waals surface area contributed by atoms with Crippen molar-refractivity contribution in [3.8, 4) is 0 Å². The van der Waals surface area contributed by atoms with Gasteiger partial charge in [-0.1, -0.05) is 6.07 Å². The molecule has 0 aliphatic heterocycles. The number of benzene rings is 2. The molecule has 1 unspecified atom stereocenters. The summed E-state index contributed by atoms with van der Waals surface area (Å²) in [5.74, 6) is -0.892. The highest BCUT2D eigenvalue weighted by molar-refractivity contribution is 7.92. The molecule has 0 saturated heterocycles. The molecule has 28 heavy (non-hydrogen) atoms. The molecule has 3 aromatic rings. The van der Waals surface area contributed by atoms with Crippen molar-refractivity contribution in [3.05, 3.63) is 66.5 Å². The maximum absolute atomic E-state index is 13.6. The van der Waals surface area contributed by atoms with Gasteiger partial charge in [0.25, 0.3) is 10.0 Å². The van der Waals surface area contributed by atoms with Gasteiger partial charge in [0, 0.05) is 11.4 Å². The van der Waals surface area contributed by atoms with Crippen LogP contribution in [0.2, 0.25) is 0 Å². The van der Waals surface area contributed by atoms with Gasteiger partial charge in [-0.15, -0.1) is 0 Å². The largest absolute Gasteiger partial charge is 0.324 e. The number of rotatable bonds is 6. The maximum Gasteiger partial charge on any atom is 0.261 e. The summed E-state index contributed by atoms with van der Waals surface area (Å²) in [4.78, 5) is 15.8. The zero-order valence-corrected chi connectivity index (χ0v) is 15.9. The highest BCUT2D eigenvalue weighted by atomic mass is 32.2. The Morgan fingerprint density at radius 3 is 2.43 bits per heavy atom. The predicted octanol–water partition coefficient (Wildman–Crippen LogP) is 2.73. The second-order valence-corrected chi connectivity index (χ2v) is 7.82. The predicted molar refractivity (Wildman–Crippen MR) is 102 cm³/mol. The Labute approximate surface area is 161 Å². The lowest BCUT2D eigenvalue weighted by molar-refractivity contribution is -0.119. The van der Waals surface area contributed by atoms with Crippen molar-refractivity contribution in [2.24, 2.45) is 0 Å². The summed E-state index contributed by atoms with van der Waals surface area (Å²) in [6.45, 7) is 3.23. The summed E-state index contributed by atoms with van der Waals surface area (Å²) in [6, 6.07) is 9.25. The molecule has 2 aromatic carbocycles. The minimum Gasteiger partial charge on any atom is -0.324 e. The van der Waals surface area contributed by atoms with E-state index in [1.54, 1.807) is 26.0 Å². The number of carbonyl (C=O) groups is 1. The number of sulfonamides is 1. The summed E-state index contributed by atoms with van der Waals surface area (Å²) in [5, 5.41) is 6.63. The van der Waals surface area contributed by atoms with Crippen molar-refractivity contribution < 1.29 is 17.6 Å². The number of nitrogens with one attached hydrogen (secondary N) is 2. The lowest BCUT2D eigenvalue weighted by Gasteiger charge is -2.13. The molecule has 1 amide bonds. The van der Waals surface area contributed by atoms with Gasteiger partial charge in [-0.3, -0.25) is 9.52 Å². The van der Waals surface area contributed by atoms with E-state index in [0.29, 0.717) is 11.3 Å². The van der Waals surface area contributed by atoms with Gasteiger partial charge < -0.3 is 5.32 Å². The SMILES string of the molecule is Cc1ccc(S(=O)(=O)Nc2ccc(NC(=O)C(C)n3cncn3)cc2)cc1F. The third-order valence-corrected chi connectivity index (χ3v) is 5.45. The van der Waals surface area contributed by atoms with Crippen LogP contribution in [0.4, 0.5) is 15.8 Å². The Kier molecular flexibility index (Phi) is 5.41. The van der Waals surface area contributed by atoms with Crippen LogP contribution in [0.5, 0.6) is 0 Å². The summed E-state index contributed by atoms with van der Waals surface area (Å²) < 4.78 is 42.2. The van der Waals surface area contributed by atoms with Gasteiger partial charge in [0.05, 0.1) is 4.90 Å². The minimum atomic E-state index is -3.93. The second-order valence-electron chi connectivity index (χ2n) is 6.13. The number of carbonyl (C=O) groups excluding carboxylic acids is 1. The van der Waals surface area contributed by atoms with Crippen molar-refractivity contribution in [2.75, 3.05) is 10.0 Å². The van der Waals surface area contributed by atoms with E-state index < -0.39 is 21.9 Å². The average molecular weight is 403 g/mol. The van der Waals surface area contributed by atoms with E-state index in [1.807, 2.05) is 0 Å². The first kappa shape index (κ1) is 19.5. The van der Waals surface area contributed by atoms with Gasteiger partial charge in [0.15, 0.2) is 0 Å². The molecule has 0 aliphatic carbocycles. The van der Waals surface area contributed by atoms with Crippen molar-refractivity contribution in [1.29, 1.82) is 0 Å². The Hall–Kier alpha value is -3.27. The molecule has 0 fully saturated rings. The third kappa shape index (κ3) is 4.34. The van der Waals surface area contributed by atoms with Crippen LogP contribution in [-0.2, 0) is 14.8 Å². The van der Waals surface area contributed by atoms with Crippen LogP contribution in [0.3, 0.4) is 0 Å². The first-order valence-corrected chi connectivity index (χ1v) is 9.78. The lowest BCUT2D eigenvalue weighted by Crippen LogP contribution is -2.24. The molecule has 0 saturated carbocycles. The number of aromatic nitrogens is 3. The molecule has 0 aliphatic rings. The Balaban J connectivity index is 1.68. The van der Waals surface area contributed by atoms with Crippen LogP contribution in [-0.4, -0.2) is 29.1 Å². The molecule has 0 spiro atoms. The topological polar surface area (TPSA) is 106 Å². The van der Waals surface area contributed by atoms with Gasteiger partial charge in [-0.25, -0.2) is 22.5 Å². The molecule has 2 N–H and O–H groups in total. The second kappa shape index (κ2) is 7.77. The van der Waals surface area contributed by atoms with E-state index in [1.165, 1.54) is 41.6 Å². The van der Waals surface area contributed by atoms with E-state index in [2.05, 4.69) is 20.1 Å². The van der Waals surface area contributed by atoms with E-state index in [-0.39, 0.29) is 16.5 Å². The zero-order chi connectivity index (χ0) is 20.3. The summed E-state index contributed by atoms with van der Waals surface area (Å²) >= 11 is 0. The lowest BCUT2D eigenvalue weighted by atomic mass is 10.2. The van der Waals surface area contributed by atoms with Gasteiger partial charge >= 0.3 is 0 Å². The standard InChI is InChI=1S/C18H18FN5O3S/c1-12-3-8-16(9-17(12)19)28(26,27)23-15-6-4-14(5-7-15)22-18(25)13(2)24-11-20-10-21-24/h3-11,13,23H,1-2H3,(H,22,25). The van der Waals surface area contributed by atoms with E-state index in [4.69, 9.17) is 0 Å². The number of amides is 1. The Morgan fingerprint density at radius 2 is 1.82 bits per heavy atom. The highest BCUT2D eigenvalue weighted by Crippen LogP contribution is 2.20. The molecule has 1 aromatic heterocycles. The summed E-state index contributed by atoms with van der Waals surface area (Å²) in [5.41, 5.74) is 1.13. The molecule has 1 heterocycles. The number of halogens is 1. The molecular weight excluding hydrogens is 385 g/mol. The Morgan fingerprint density at radius 1 is 1.14 bits per heavy atom. The van der Waals surface area contributed by atoms with Crippen LogP contribution in [0.25, 0.3) is 0 Å². The zero-order valence-electron chi connectivity index (χ0n) is 15.1. The van der Waals surface area contributed by atoms with Crippen LogP contribution in [0.15, 0.2) is 60.0 Å². The quantitative estimate of drug-likeness (QED) is 0.658. The van der Waals surface area contributed by atoms with Gasteiger partial charge in [-0.05, 0) is 55.8 Å². The van der Waals surface area contributed by atoms with Crippen molar-refractivity contribution in [1.82, 2.24) is 14.8 Å². The molecule has 0 bridgehead atoms. The van der Waals surface area contributed by atoms with Crippen molar-refractivity contribution >= 4 is 27.3 Å². The van der Waals surface area contributed by atoms with E-state index in [0.717, 1.165) is 6.07 Å². The van der Waals surface area contributed by atoms with Gasteiger partial charge in [-0.2, -0.15) is 5.10 Å². The first-order valence-electron chi connectivity index (χ1n) is 8.30. The summed E-state index contributed by atoms with van der Waals surface area (Å²) in [6.07, 6.45) is 2.78. The normalized spacial score (nSPS) is 12.4. The number of nitrogens with zero attached hydrogens (tertiary/aromatic N) is 3. The molecule has 0 radical (unpaired) electrons. The first-order chi connectivity index (χ1) is 13.3. The number of anilines is 2. The Bertz CT molecular complexity index is 1080. The molecule has 1 atom stereocenters. The third-order valence-electron chi connectivity index (χ3n) is 4.07. The van der Waals surface area contributed by atoms with Crippen molar-refractivity contribution in [2.45, 2.75) is 24.8 Å². The number of hydrogen-bond donors (Lipinski definition) is 2. The van der Waals surface area contributed by atoms with Crippen molar-refractivity contribution in [3.63, 3.8) is 0 Å². The smallest absolute Gasteiger partial charge is 0.261 e. The van der Waals surface area contributed by atoms with E-state index in [9.17, 15) is 17.6 Å². The van der Waals surface area contributed by atoms with Crippen LogP contribution < -0.4 is 10.0 Å². The molecule has 10 heteroatoms. The molecule has 146 valence electrons. The van der Waals surface area contributed by atoms with Crippen LogP contribution >= 0.6 is 0 Å². The molecule has 3 rings (SSSR count). The van der Waals surface area contributed by atoms with E-state index >= 15 is 0 Å².